The highest BCUT2D eigenvalue weighted by Crippen LogP contribution is 1.93. The zero-order chi connectivity index (χ0) is 7.56. The number of carboxylic acid groups (broad SMARTS) is 1. The lowest BCUT2D eigenvalue weighted by Crippen LogP contribution is -2.56. The normalized spacial score (nSPS) is 24.8. The lowest BCUT2D eigenvalue weighted by atomic mass is 10.2. The molecule has 1 aliphatic heterocycles. The minimum Gasteiger partial charge on any atom is -0.548 e. The number of carbonyl (C=O) groups excluding carboxylic acids is 2. The summed E-state index contributed by atoms with van der Waals surface area (Å²) in [5.41, 5.74) is 0. The van der Waals surface area contributed by atoms with Crippen LogP contribution in [-0.4, -0.2) is 24.6 Å². The molecule has 0 radical (unpaired) electrons. The van der Waals surface area contributed by atoms with E-state index >= 15 is 0 Å². The molecule has 5 nitrogen and oxygen atoms in total. The van der Waals surface area contributed by atoms with E-state index in [9.17, 15) is 14.7 Å². The molecule has 2 N–H and O–H groups in total. The molecule has 1 unspecified atom stereocenters. The summed E-state index contributed by atoms with van der Waals surface area (Å²) in [6.07, 6.45) is 0.383. The van der Waals surface area contributed by atoms with E-state index in [1.807, 2.05) is 0 Å². The molecule has 0 aromatic rings. The standard InChI is InChI=1S/C5H8N2O3/c8-4(9)3-1-2-6-5(10)7-3/h3H,1-2H2,(H,8,9)(H2,6,7,10)/p-1. The maximum absolute atomic E-state index is 10.5. The number of rotatable bonds is 1. The van der Waals surface area contributed by atoms with Gasteiger partial charge in [0.1, 0.15) is 0 Å². The Balaban J connectivity index is 2.47. The zero-order valence-electron chi connectivity index (χ0n) is 5.22. The molecule has 2 amide bonds. The highest BCUT2D eigenvalue weighted by Gasteiger charge is 2.17. The van der Waals surface area contributed by atoms with Crippen LogP contribution in [0.2, 0.25) is 0 Å². The predicted molar refractivity (Wildman–Crippen MR) is 29.9 cm³/mol. The van der Waals surface area contributed by atoms with E-state index in [2.05, 4.69) is 10.6 Å². The Morgan fingerprint density at radius 2 is 2.40 bits per heavy atom. The molecular formula is C5H7N2O3-. The van der Waals surface area contributed by atoms with Crippen LogP contribution < -0.4 is 15.7 Å². The van der Waals surface area contributed by atoms with Gasteiger partial charge in [0, 0.05) is 6.54 Å². The topological polar surface area (TPSA) is 81.3 Å². The number of hydrogen-bond acceptors (Lipinski definition) is 3. The van der Waals surface area contributed by atoms with Crippen LogP contribution in [0.15, 0.2) is 0 Å². The van der Waals surface area contributed by atoms with Crippen molar-refractivity contribution in [2.24, 2.45) is 0 Å². The molecule has 0 aromatic carbocycles. The van der Waals surface area contributed by atoms with E-state index in [0.717, 1.165) is 0 Å². The molecule has 1 heterocycles. The maximum atomic E-state index is 10.5. The number of aliphatic carboxylic acids is 1. The molecule has 10 heavy (non-hydrogen) atoms. The third kappa shape index (κ3) is 1.37. The van der Waals surface area contributed by atoms with E-state index in [1.165, 1.54) is 0 Å². The van der Waals surface area contributed by atoms with Crippen molar-refractivity contribution in [3.05, 3.63) is 0 Å². The van der Waals surface area contributed by atoms with Gasteiger partial charge in [-0.1, -0.05) is 0 Å². The minimum absolute atomic E-state index is 0.383. The summed E-state index contributed by atoms with van der Waals surface area (Å²) >= 11 is 0. The van der Waals surface area contributed by atoms with Crippen LogP contribution >= 0.6 is 0 Å². The van der Waals surface area contributed by atoms with Gasteiger partial charge in [0.15, 0.2) is 0 Å². The van der Waals surface area contributed by atoms with Crippen LogP contribution in [0.1, 0.15) is 6.42 Å². The molecule has 56 valence electrons. The second-order valence-corrected chi connectivity index (χ2v) is 2.06. The molecule has 0 bridgehead atoms. The highest BCUT2D eigenvalue weighted by molar-refractivity contribution is 5.82. The van der Waals surface area contributed by atoms with Gasteiger partial charge in [-0.05, 0) is 6.42 Å². The third-order valence-corrected chi connectivity index (χ3v) is 1.31. The van der Waals surface area contributed by atoms with Crippen molar-refractivity contribution in [1.29, 1.82) is 0 Å². The first kappa shape index (κ1) is 6.85. The summed E-state index contributed by atoms with van der Waals surface area (Å²) in [5, 5.41) is 14.8. The van der Waals surface area contributed by atoms with Crippen molar-refractivity contribution in [2.45, 2.75) is 12.5 Å². The van der Waals surface area contributed by atoms with Crippen molar-refractivity contribution in [3.8, 4) is 0 Å². The third-order valence-electron chi connectivity index (χ3n) is 1.31. The summed E-state index contributed by atoms with van der Waals surface area (Å²) in [6.45, 7) is 0.393. The van der Waals surface area contributed by atoms with Gasteiger partial charge in [-0.3, -0.25) is 0 Å². The Labute approximate surface area is 57.4 Å². The minimum atomic E-state index is -1.23. The Hall–Kier alpha value is -1.26. The molecule has 5 heteroatoms. The number of carboxylic acids is 1. The summed E-state index contributed by atoms with van der Waals surface area (Å²) in [7, 11) is 0. The predicted octanol–water partition coefficient (Wildman–Crippen LogP) is -2.19. The zero-order valence-corrected chi connectivity index (χ0v) is 5.22. The van der Waals surface area contributed by atoms with Crippen LogP contribution in [0.5, 0.6) is 0 Å². The summed E-state index contributed by atoms with van der Waals surface area (Å²) < 4.78 is 0. The highest BCUT2D eigenvalue weighted by atomic mass is 16.4. The van der Waals surface area contributed by atoms with Gasteiger partial charge >= 0.3 is 6.03 Å². The van der Waals surface area contributed by atoms with Gasteiger partial charge in [0.05, 0.1) is 12.0 Å². The van der Waals surface area contributed by atoms with Gasteiger partial charge in [-0.15, -0.1) is 0 Å². The Morgan fingerprint density at radius 1 is 1.70 bits per heavy atom. The molecule has 1 fully saturated rings. The van der Waals surface area contributed by atoms with Crippen LogP contribution in [0.4, 0.5) is 4.79 Å². The summed E-state index contributed by atoms with van der Waals surface area (Å²) in [5.74, 6) is -1.23. The maximum Gasteiger partial charge on any atom is 0.315 e. The van der Waals surface area contributed by atoms with Gasteiger partial charge in [0.2, 0.25) is 0 Å². The first-order chi connectivity index (χ1) is 4.70. The quantitative estimate of drug-likeness (QED) is 0.437. The van der Waals surface area contributed by atoms with E-state index in [1.54, 1.807) is 0 Å². The van der Waals surface area contributed by atoms with Crippen LogP contribution in [-0.2, 0) is 4.79 Å². The Kier molecular flexibility index (Phi) is 1.75. The fourth-order valence-electron chi connectivity index (χ4n) is 0.788. The number of amides is 2. The molecule has 1 aliphatic rings. The van der Waals surface area contributed by atoms with Crippen molar-refractivity contribution >= 4 is 12.0 Å². The molecule has 1 saturated heterocycles. The average Bonchev–Trinajstić information content (AvgIpc) is 1.88. The summed E-state index contributed by atoms with van der Waals surface area (Å²) in [6, 6.07) is -1.27. The average molecular weight is 143 g/mol. The second-order valence-electron chi connectivity index (χ2n) is 2.06. The first-order valence-electron chi connectivity index (χ1n) is 2.95. The number of urea groups is 1. The monoisotopic (exact) mass is 143 g/mol. The van der Waals surface area contributed by atoms with E-state index < -0.39 is 18.0 Å². The van der Waals surface area contributed by atoms with Crippen molar-refractivity contribution in [2.75, 3.05) is 6.54 Å². The lowest BCUT2D eigenvalue weighted by molar-refractivity contribution is -0.308. The van der Waals surface area contributed by atoms with E-state index in [0.29, 0.717) is 13.0 Å². The first-order valence-corrected chi connectivity index (χ1v) is 2.95. The molecule has 0 spiro atoms. The smallest absolute Gasteiger partial charge is 0.315 e. The van der Waals surface area contributed by atoms with E-state index in [-0.39, 0.29) is 0 Å². The number of hydrogen-bond donors (Lipinski definition) is 2. The molecule has 1 atom stereocenters. The van der Waals surface area contributed by atoms with Crippen molar-refractivity contribution in [3.63, 3.8) is 0 Å². The van der Waals surface area contributed by atoms with Crippen LogP contribution in [0.25, 0.3) is 0 Å². The lowest BCUT2D eigenvalue weighted by Gasteiger charge is -2.24. The van der Waals surface area contributed by atoms with Gasteiger partial charge < -0.3 is 20.5 Å². The Bertz CT molecular complexity index is 166. The largest absolute Gasteiger partial charge is 0.548 e. The van der Waals surface area contributed by atoms with Gasteiger partial charge in [-0.25, -0.2) is 4.79 Å². The summed E-state index contributed by atoms with van der Waals surface area (Å²) in [4.78, 5) is 20.6. The van der Waals surface area contributed by atoms with Crippen molar-refractivity contribution in [1.82, 2.24) is 10.6 Å². The van der Waals surface area contributed by atoms with Crippen LogP contribution in [0, 0.1) is 0 Å². The fraction of sp³-hybridized carbons (Fsp3) is 0.600. The number of carbonyl (C=O) groups is 2. The molecule has 0 saturated carbocycles. The van der Waals surface area contributed by atoms with Crippen LogP contribution in [0.3, 0.4) is 0 Å². The molecule has 0 aliphatic carbocycles. The van der Waals surface area contributed by atoms with E-state index in [4.69, 9.17) is 0 Å². The SMILES string of the molecule is O=C1NCCC(C(=O)[O-])N1. The van der Waals surface area contributed by atoms with Gasteiger partial charge in [0.25, 0.3) is 0 Å². The molecule has 0 aromatic heterocycles. The molecular weight excluding hydrogens is 136 g/mol. The fourth-order valence-corrected chi connectivity index (χ4v) is 0.788. The number of nitrogens with one attached hydrogen (secondary N) is 2. The van der Waals surface area contributed by atoms with Crippen molar-refractivity contribution < 1.29 is 14.7 Å². The molecule has 1 rings (SSSR count). The second kappa shape index (κ2) is 2.55. The van der Waals surface area contributed by atoms with Gasteiger partial charge in [-0.2, -0.15) is 0 Å². The Morgan fingerprint density at radius 3 is 2.80 bits per heavy atom.